The van der Waals surface area contributed by atoms with Crippen molar-refractivity contribution in [1.29, 1.82) is 0 Å². The molecule has 3 nitrogen and oxygen atoms in total. The molecular formula is C59H39N3. The Labute approximate surface area is 361 Å². The van der Waals surface area contributed by atoms with Crippen molar-refractivity contribution in [1.82, 2.24) is 15.0 Å². The van der Waals surface area contributed by atoms with Crippen LogP contribution in [-0.2, 0) is 10.8 Å². The summed E-state index contributed by atoms with van der Waals surface area (Å²) in [7, 11) is 0. The van der Waals surface area contributed by atoms with E-state index < -0.39 is 10.8 Å². The van der Waals surface area contributed by atoms with E-state index in [1.165, 1.54) is 55.6 Å². The van der Waals surface area contributed by atoms with Crippen LogP contribution in [0.5, 0.6) is 0 Å². The highest BCUT2D eigenvalue weighted by atomic mass is 15.0. The lowest BCUT2D eigenvalue weighted by Crippen LogP contribution is -2.44. The molecule has 62 heavy (non-hydrogen) atoms. The van der Waals surface area contributed by atoms with Crippen molar-refractivity contribution in [2.45, 2.75) is 10.8 Å². The van der Waals surface area contributed by atoms with Crippen molar-refractivity contribution in [2.24, 2.45) is 0 Å². The number of aromatic nitrogens is 3. The molecule has 290 valence electrons. The highest BCUT2D eigenvalue weighted by Crippen LogP contribution is 2.66. The van der Waals surface area contributed by atoms with E-state index in [2.05, 4.69) is 212 Å². The summed E-state index contributed by atoms with van der Waals surface area (Å²) in [6.45, 7) is 0. The minimum absolute atomic E-state index is 0.541. The molecule has 10 aromatic rings. The first kappa shape index (κ1) is 35.9. The number of nitrogens with zero attached hydrogens (tertiary/aromatic N) is 3. The number of rotatable bonds is 7. The van der Waals surface area contributed by atoms with Crippen LogP contribution >= 0.6 is 0 Å². The predicted molar refractivity (Wildman–Crippen MR) is 251 cm³/mol. The second-order valence-corrected chi connectivity index (χ2v) is 16.2. The maximum atomic E-state index is 5.41. The minimum atomic E-state index is -0.767. The maximum Gasteiger partial charge on any atom is 0.164 e. The molecule has 0 amide bonds. The molecule has 2 aliphatic carbocycles. The van der Waals surface area contributed by atoms with Gasteiger partial charge in [-0.1, -0.05) is 237 Å². The normalized spacial score (nSPS) is 16.8. The van der Waals surface area contributed by atoms with E-state index in [4.69, 9.17) is 15.0 Å². The lowest BCUT2D eigenvalue weighted by atomic mass is 9.51. The highest BCUT2D eigenvalue weighted by molar-refractivity contribution is 5.92. The van der Waals surface area contributed by atoms with Gasteiger partial charge in [-0.05, 0) is 66.8 Å². The summed E-state index contributed by atoms with van der Waals surface area (Å²) in [5, 5.41) is 0. The smallest absolute Gasteiger partial charge is 0.164 e. The van der Waals surface area contributed by atoms with E-state index in [1.807, 2.05) is 24.3 Å². The van der Waals surface area contributed by atoms with Gasteiger partial charge in [0.25, 0.3) is 0 Å². The Morgan fingerprint density at radius 3 is 1.21 bits per heavy atom. The number of hydrogen-bond acceptors (Lipinski definition) is 3. The molecular weight excluding hydrogens is 751 g/mol. The largest absolute Gasteiger partial charge is 0.208 e. The zero-order valence-electron chi connectivity index (χ0n) is 33.9. The van der Waals surface area contributed by atoms with E-state index in [0.29, 0.717) is 17.5 Å². The molecule has 2 aliphatic rings. The summed E-state index contributed by atoms with van der Waals surface area (Å²) < 4.78 is 0. The third kappa shape index (κ3) is 5.22. The Morgan fingerprint density at radius 2 is 0.597 bits per heavy atom. The highest BCUT2D eigenvalue weighted by Gasteiger charge is 2.58. The van der Waals surface area contributed by atoms with Crippen LogP contribution in [0.3, 0.4) is 0 Å². The average Bonchev–Trinajstić information content (AvgIpc) is 3.67. The van der Waals surface area contributed by atoms with Gasteiger partial charge in [0.2, 0.25) is 0 Å². The SMILES string of the molecule is c1ccc(-c2ccc(-c3nc(-c4ccccc4)nc(-c4ccccc4C4(c5ccccc5)c5ccccc5C5(c6ccccc6)c6ccccc6-c6cccc4c65)n3)cc2)cc1. The number of fused-ring (bicyclic) bond motifs is 5. The standard InChI is InChI=1S/C59H39N3/c1-5-20-40(21-6-1)41-36-38-43(39-37-41)56-60-55(42-22-7-2-8-23-42)61-57(62-56)48-29-14-16-32-50(48)58(44-24-9-3-10-25-44)51-33-17-18-34-52(51)59(45-26-11-4-12-27-45)49-31-15-13-28-46(49)47-30-19-35-53(58)54(47)59/h1-39H. The molecule has 0 bridgehead atoms. The quantitative estimate of drug-likeness (QED) is 0.161. The Bertz CT molecular complexity index is 3270. The van der Waals surface area contributed by atoms with Crippen LogP contribution in [-0.4, -0.2) is 15.0 Å². The predicted octanol–water partition coefficient (Wildman–Crippen LogP) is 13.6. The molecule has 0 saturated heterocycles. The molecule has 0 saturated carbocycles. The molecule has 3 heteroatoms. The van der Waals surface area contributed by atoms with E-state index in [1.54, 1.807) is 0 Å². The van der Waals surface area contributed by atoms with Crippen molar-refractivity contribution in [3.05, 3.63) is 281 Å². The van der Waals surface area contributed by atoms with Gasteiger partial charge in [-0.2, -0.15) is 0 Å². The summed E-state index contributed by atoms with van der Waals surface area (Å²) in [6.07, 6.45) is 0. The van der Waals surface area contributed by atoms with Crippen LogP contribution in [0.25, 0.3) is 56.4 Å². The number of hydrogen-bond donors (Lipinski definition) is 0. The zero-order chi connectivity index (χ0) is 41.1. The van der Waals surface area contributed by atoms with Crippen LogP contribution < -0.4 is 0 Å². The van der Waals surface area contributed by atoms with Crippen LogP contribution in [0, 0.1) is 0 Å². The number of benzene rings is 9. The van der Waals surface area contributed by atoms with Crippen molar-refractivity contribution in [3.63, 3.8) is 0 Å². The van der Waals surface area contributed by atoms with Crippen molar-refractivity contribution < 1.29 is 0 Å². The van der Waals surface area contributed by atoms with E-state index >= 15 is 0 Å². The van der Waals surface area contributed by atoms with E-state index in [-0.39, 0.29) is 0 Å². The van der Waals surface area contributed by atoms with Gasteiger partial charge in [0, 0.05) is 16.7 Å². The van der Waals surface area contributed by atoms with Gasteiger partial charge in [0.05, 0.1) is 10.8 Å². The molecule has 0 radical (unpaired) electrons. The second kappa shape index (κ2) is 14.3. The van der Waals surface area contributed by atoms with Crippen molar-refractivity contribution in [3.8, 4) is 56.4 Å². The Hall–Kier alpha value is -8.01. The molecule has 1 aromatic heterocycles. The zero-order valence-corrected chi connectivity index (χ0v) is 33.9. The van der Waals surface area contributed by atoms with Gasteiger partial charge in [-0.25, -0.2) is 15.0 Å². The molecule has 2 atom stereocenters. The topological polar surface area (TPSA) is 38.7 Å². The first-order valence-corrected chi connectivity index (χ1v) is 21.3. The van der Waals surface area contributed by atoms with Gasteiger partial charge >= 0.3 is 0 Å². The van der Waals surface area contributed by atoms with Gasteiger partial charge in [0.1, 0.15) is 0 Å². The molecule has 0 fully saturated rings. The van der Waals surface area contributed by atoms with Gasteiger partial charge in [0.15, 0.2) is 17.5 Å². The van der Waals surface area contributed by atoms with Crippen molar-refractivity contribution >= 4 is 0 Å². The molecule has 12 rings (SSSR count). The van der Waals surface area contributed by atoms with Crippen LogP contribution in [0.2, 0.25) is 0 Å². The lowest BCUT2D eigenvalue weighted by molar-refractivity contribution is 0.627. The van der Waals surface area contributed by atoms with E-state index in [9.17, 15) is 0 Å². The van der Waals surface area contributed by atoms with E-state index in [0.717, 1.165) is 27.8 Å². The third-order valence-corrected chi connectivity index (χ3v) is 13.1. The fourth-order valence-electron chi connectivity index (χ4n) is 10.6. The second-order valence-electron chi connectivity index (χ2n) is 16.2. The first-order chi connectivity index (χ1) is 30.8. The van der Waals surface area contributed by atoms with Crippen molar-refractivity contribution in [2.75, 3.05) is 0 Å². The Kier molecular flexibility index (Phi) is 8.29. The molecule has 9 aromatic carbocycles. The lowest BCUT2D eigenvalue weighted by Gasteiger charge is -2.50. The van der Waals surface area contributed by atoms with Crippen LogP contribution in [0.15, 0.2) is 237 Å². The molecule has 2 unspecified atom stereocenters. The molecule has 0 spiro atoms. The maximum absolute atomic E-state index is 5.41. The fourth-order valence-corrected chi connectivity index (χ4v) is 10.6. The summed E-state index contributed by atoms with van der Waals surface area (Å²) in [6, 6.07) is 85.4. The minimum Gasteiger partial charge on any atom is -0.208 e. The summed E-state index contributed by atoms with van der Waals surface area (Å²) in [5.74, 6) is 1.88. The van der Waals surface area contributed by atoms with Crippen LogP contribution in [0.4, 0.5) is 0 Å². The van der Waals surface area contributed by atoms with Gasteiger partial charge < -0.3 is 0 Å². The van der Waals surface area contributed by atoms with Gasteiger partial charge in [-0.3, -0.25) is 0 Å². The average molecular weight is 790 g/mol. The Balaban J connectivity index is 1.17. The van der Waals surface area contributed by atoms with Gasteiger partial charge in [-0.15, -0.1) is 0 Å². The Morgan fingerprint density at radius 1 is 0.226 bits per heavy atom. The summed E-state index contributed by atoms with van der Waals surface area (Å²) >= 11 is 0. The van der Waals surface area contributed by atoms with Crippen LogP contribution in [0.1, 0.15) is 44.5 Å². The molecule has 1 heterocycles. The molecule has 0 aliphatic heterocycles. The fraction of sp³-hybridized carbons (Fsp3) is 0.0339. The molecule has 0 N–H and O–H groups in total. The first-order valence-electron chi connectivity index (χ1n) is 21.3. The summed E-state index contributed by atoms with van der Waals surface area (Å²) in [4.78, 5) is 15.9. The third-order valence-electron chi connectivity index (χ3n) is 13.1. The summed E-state index contributed by atoms with van der Waals surface area (Å²) in [5.41, 5.74) is 16.3. The monoisotopic (exact) mass is 789 g/mol.